The van der Waals surface area contributed by atoms with Crippen molar-refractivity contribution < 1.29 is 27.8 Å². The first-order valence-corrected chi connectivity index (χ1v) is 6.87. The van der Waals surface area contributed by atoms with E-state index < -0.39 is 12.1 Å². The van der Waals surface area contributed by atoms with Crippen molar-refractivity contribution in [1.82, 2.24) is 0 Å². The highest BCUT2D eigenvalue weighted by atomic mass is 79.9. The van der Waals surface area contributed by atoms with E-state index in [0.717, 1.165) is 18.2 Å². The van der Waals surface area contributed by atoms with Gasteiger partial charge in [0.15, 0.2) is 0 Å². The van der Waals surface area contributed by atoms with Crippen LogP contribution < -0.4 is 9.64 Å². The summed E-state index contributed by atoms with van der Waals surface area (Å²) in [5, 5.41) is 10.3. The van der Waals surface area contributed by atoms with Crippen LogP contribution in [0, 0.1) is 5.92 Å². The second kappa shape index (κ2) is 5.51. The van der Waals surface area contributed by atoms with Crippen LogP contribution in [0.2, 0.25) is 0 Å². The second-order valence-corrected chi connectivity index (χ2v) is 5.07. The first-order chi connectivity index (χ1) is 9.30. The number of carbonyl (C=O) groups is 1. The summed E-state index contributed by atoms with van der Waals surface area (Å²) in [6.45, 7) is 0.340. The van der Waals surface area contributed by atoms with Gasteiger partial charge in [-0.15, -0.1) is 13.2 Å². The second-order valence-electron chi connectivity index (χ2n) is 4.43. The van der Waals surface area contributed by atoms with Gasteiger partial charge >= 0.3 is 6.36 Å². The van der Waals surface area contributed by atoms with Crippen LogP contribution in [0.3, 0.4) is 0 Å². The lowest BCUT2D eigenvalue weighted by Gasteiger charge is -2.19. The number of benzene rings is 1. The SMILES string of the molecule is O=C1CC(CBr)CN1c1cc(OC(F)(F)F)ccc1O. The number of anilines is 1. The number of hydrogen-bond acceptors (Lipinski definition) is 3. The summed E-state index contributed by atoms with van der Waals surface area (Å²) in [6.07, 6.45) is -4.53. The number of halogens is 4. The lowest BCUT2D eigenvalue weighted by Crippen LogP contribution is -2.25. The quantitative estimate of drug-likeness (QED) is 0.849. The van der Waals surface area contributed by atoms with Crippen LogP contribution in [-0.4, -0.2) is 29.3 Å². The molecule has 1 heterocycles. The zero-order valence-electron chi connectivity index (χ0n) is 10.2. The Balaban J connectivity index is 2.27. The average Bonchev–Trinajstić information content (AvgIpc) is 2.71. The van der Waals surface area contributed by atoms with E-state index in [1.54, 1.807) is 0 Å². The Kier molecular flexibility index (Phi) is 4.12. The van der Waals surface area contributed by atoms with Gasteiger partial charge in [-0.1, -0.05) is 15.9 Å². The molecule has 1 N–H and O–H groups in total. The van der Waals surface area contributed by atoms with Gasteiger partial charge < -0.3 is 14.7 Å². The normalized spacial score (nSPS) is 19.5. The van der Waals surface area contributed by atoms with Crippen LogP contribution in [-0.2, 0) is 4.79 Å². The van der Waals surface area contributed by atoms with Gasteiger partial charge in [0.1, 0.15) is 11.5 Å². The zero-order valence-corrected chi connectivity index (χ0v) is 11.7. The summed E-state index contributed by atoms with van der Waals surface area (Å²) in [6, 6.07) is 3.08. The molecule has 1 amide bonds. The molecule has 0 bridgehead atoms. The molecule has 0 aromatic heterocycles. The number of nitrogens with zero attached hydrogens (tertiary/aromatic N) is 1. The molecule has 1 aromatic carbocycles. The molecule has 1 aliphatic rings. The molecule has 1 unspecified atom stereocenters. The van der Waals surface area contributed by atoms with Gasteiger partial charge in [0.25, 0.3) is 0 Å². The Hall–Kier alpha value is -1.44. The van der Waals surface area contributed by atoms with Crippen molar-refractivity contribution in [3.63, 3.8) is 0 Å². The third kappa shape index (κ3) is 3.36. The Morgan fingerprint density at radius 1 is 1.45 bits per heavy atom. The van der Waals surface area contributed by atoms with Crippen molar-refractivity contribution in [1.29, 1.82) is 0 Å². The van der Waals surface area contributed by atoms with Gasteiger partial charge in [-0.05, 0) is 18.1 Å². The highest BCUT2D eigenvalue weighted by Crippen LogP contribution is 2.36. The fourth-order valence-corrected chi connectivity index (χ4v) is 2.47. The van der Waals surface area contributed by atoms with Gasteiger partial charge in [0.2, 0.25) is 5.91 Å². The van der Waals surface area contributed by atoms with Gasteiger partial charge in [-0.2, -0.15) is 0 Å². The number of carbonyl (C=O) groups excluding carboxylic acids is 1. The first-order valence-electron chi connectivity index (χ1n) is 5.75. The number of rotatable bonds is 3. The average molecular weight is 354 g/mol. The summed E-state index contributed by atoms with van der Waals surface area (Å²) >= 11 is 3.26. The van der Waals surface area contributed by atoms with Crippen molar-refractivity contribution in [2.45, 2.75) is 12.8 Å². The predicted octanol–water partition coefficient (Wildman–Crippen LogP) is 3.04. The molecule has 0 aliphatic carbocycles. The zero-order chi connectivity index (χ0) is 14.9. The molecular weight excluding hydrogens is 343 g/mol. The van der Waals surface area contributed by atoms with Crippen LogP contribution in [0.1, 0.15) is 6.42 Å². The maximum atomic E-state index is 12.2. The number of aromatic hydroxyl groups is 1. The highest BCUT2D eigenvalue weighted by Gasteiger charge is 2.34. The minimum Gasteiger partial charge on any atom is -0.506 e. The summed E-state index contributed by atoms with van der Waals surface area (Å²) in [4.78, 5) is 13.1. The summed E-state index contributed by atoms with van der Waals surface area (Å²) in [5.41, 5.74) is 0.0280. The number of phenols is 1. The predicted molar refractivity (Wildman–Crippen MR) is 69.0 cm³/mol. The van der Waals surface area contributed by atoms with E-state index in [0.29, 0.717) is 11.9 Å². The van der Waals surface area contributed by atoms with Gasteiger partial charge in [-0.25, -0.2) is 0 Å². The van der Waals surface area contributed by atoms with Crippen molar-refractivity contribution in [2.75, 3.05) is 16.8 Å². The number of alkyl halides is 4. The Labute approximate surface area is 121 Å². The van der Waals surface area contributed by atoms with E-state index in [-0.39, 0.29) is 29.7 Å². The summed E-state index contributed by atoms with van der Waals surface area (Å²) < 4.78 is 40.3. The molecular formula is C12H11BrF3NO3. The molecule has 0 radical (unpaired) electrons. The van der Waals surface area contributed by atoms with Crippen molar-refractivity contribution in [3.8, 4) is 11.5 Å². The molecule has 110 valence electrons. The van der Waals surface area contributed by atoms with Crippen LogP contribution in [0.25, 0.3) is 0 Å². The topological polar surface area (TPSA) is 49.8 Å². The van der Waals surface area contributed by atoms with Gasteiger partial charge in [0.05, 0.1) is 5.69 Å². The van der Waals surface area contributed by atoms with E-state index in [1.807, 2.05) is 0 Å². The molecule has 20 heavy (non-hydrogen) atoms. The maximum absolute atomic E-state index is 12.2. The lowest BCUT2D eigenvalue weighted by atomic mass is 10.2. The molecule has 1 aromatic rings. The highest BCUT2D eigenvalue weighted by molar-refractivity contribution is 9.09. The minimum absolute atomic E-state index is 0.0280. The van der Waals surface area contributed by atoms with Crippen molar-refractivity contribution >= 4 is 27.5 Å². The molecule has 2 rings (SSSR count). The molecule has 1 aliphatic heterocycles. The molecule has 1 fully saturated rings. The Morgan fingerprint density at radius 2 is 2.15 bits per heavy atom. The molecule has 0 spiro atoms. The van der Waals surface area contributed by atoms with Crippen molar-refractivity contribution in [2.24, 2.45) is 5.92 Å². The molecule has 0 saturated carbocycles. The smallest absolute Gasteiger partial charge is 0.506 e. The lowest BCUT2D eigenvalue weighted by molar-refractivity contribution is -0.274. The number of ether oxygens (including phenoxy) is 1. The fourth-order valence-electron chi connectivity index (χ4n) is 2.03. The van der Waals surface area contributed by atoms with E-state index in [1.165, 1.54) is 4.90 Å². The van der Waals surface area contributed by atoms with Gasteiger partial charge in [-0.3, -0.25) is 4.79 Å². The summed E-state index contributed by atoms with van der Waals surface area (Å²) in [7, 11) is 0. The molecule has 4 nitrogen and oxygen atoms in total. The molecule has 8 heteroatoms. The third-order valence-corrected chi connectivity index (χ3v) is 3.81. The molecule has 1 saturated heterocycles. The number of hydrogen-bond donors (Lipinski definition) is 1. The Morgan fingerprint density at radius 3 is 2.70 bits per heavy atom. The van der Waals surface area contributed by atoms with Crippen LogP contribution in [0.5, 0.6) is 11.5 Å². The monoisotopic (exact) mass is 353 g/mol. The number of phenolic OH excluding ortho intramolecular Hbond substituents is 1. The summed E-state index contributed by atoms with van der Waals surface area (Å²) in [5.74, 6) is -0.911. The van der Waals surface area contributed by atoms with Crippen LogP contribution in [0.4, 0.5) is 18.9 Å². The minimum atomic E-state index is -4.82. The molecule has 1 atom stereocenters. The van der Waals surface area contributed by atoms with Crippen LogP contribution in [0.15, 0.2) is 18.2 Å². The van der Waals surface area contributed by atoms with E-state index in [9.17, 15) is 23.1 Å². The Bertz CT molecular complexity index is 521. The van der Waals surface area contributed by atoms with E-state index in [2.05, 4.69) is 20.7 Å². The largest absolute Gasteiger partial charge is 0.573 e. The first kappa shape index (κ1) is 15.0. The number of amides is 1. The van der Waals surface area contributed by atoms with Gasteiger partial charge in [0, 0.05) is 24.4 Å². The van der Waals surface area contributed by atoms with E-state index in [4.69, 9.17) is 0 Å². The van der Waals surface area contributed by atoms with Crippen molar-refractivity contribution in [3.05, 3.63) is 18.2 Å². The third-order valence-electron chi connectivity index (χ3n) is 2.89. The fraction of sp³-hybridized carbons (Fsp3) is 0.417. The maximum Gasteiger partial charge on any atom is 0.573 e. The van der Waals surface area contributed by atoms with Crippen LogP contribution >= 0.6 is 15.9 Å². The standard InChI is InChI=1S/C12H11BrF3NO3/c13-5-7-3-11(19)17(6-7)9-4-8(1-2-10(9)18)20-12(14,15)16/h1-2,4,7,18H,3,5-6H2. The van der Waals surface area contributed by atoms with E-state index >= 15 is 0 Å².